The second-order valence-electron chi connectivity index (χ2n) is 3.72. The number of thioether (sulfide) groups is 1. The third-order valence-corrected chi connectivity index (χ3v) is 3.44. The maximum atomic E-state index is 11.1. The Balaban J connectivity index is 2.29. The molecule has 0 fully saturated rings. The molecule has 0 saturated carbocycles. The van der Waals surface area contributed by atoms with E-state index >= 15 is 0 Å². The standard InChI is InChI=1S/C14H11ClO3S/c1-19-11-5-3-10(4-6-11)18-13-7-2-9(15)8-12(13)14(16)17/h2-8H,1H3,(H,16,17). The van der Waals surface area contributed by atoms with Crippen LogP contribution in [0.2, 0.25) is 5.02 Å². The molecule has 0 radical (unpaired) electrons. The van der Waals surface area contributed by atoms with Crippen molar-refractivity contribution in [3.05, 3.63) is 53.1 Å². The third kappa shape index (κ3) is 3.43. The summed E-state index contributed by atoms with van der Waals surface area (Å²) in [5, 5.41) is 9.47. The minimum Gasteiger partial charge on any atom is -0.478 e. The lowest BCUT2D eigenvalue weighted by Gasteiger charge is -2.09. The van der Waals surface area contributed by atoms with E-state index in [9.17, 15) is 4.79 Å². The van der Waals surface area contributed by atoms with Crippen molar-refractivity contribution in [1.29, 1.82) is 0 Å². The van der Waals surface area contributed by atoms with Gasteiger partial charge in [0, 0.05) is 9.92 Å². The van der Waals surface area contributed by atoms with Gasteiger partial charge >= 0.3 is 5.97 Å². The maximum Gasteiger partial charge on any atom is 0.339 e. The molecule has 0 aliphatic heterocycles. The Bertz CT molecular complexity index is 596. The van der Waals surface area contributed by atoms with Crippen LogP contribution in [0.1, 0.15) is 10.4 Å². The molecule has 0 amide bonds. The molecule has 0 aliphatic carbocycles. The molecule has 5 heteroatoms. The van der Waals surface area contributed by atoms with E-state index in [-0.39, 0.29) is 11.3 Å². The first-order valence-corrected chi connectivity index (χ1v) is 7.05. The zero-order chi connectivity index (χ0) is 13.8. The van der Waals surface area contributed by atoms with E-state index in [4.69, 9.17) is 21.4 Å². The van der Waals surface area contributed by atoms with Crippen LogP contribution in [0.3, 0.4) is 0 Å². The SMILES string of the molecule is CSc1ccc(Oc2ccc(Cl)cc2C(=O)O)cc1. The van der Waals surface area contributed by atoms with Crippen LogP contribution in [0, 0.1) is 0 Å². The fourth-order valence-electron chi connectivity index (χ4n) is 1.53. The molecule has 0 atom stereocenters. The van der Waals surface area contributed by atoms with E-state index in [0.717, 1.165) is 4.90 Å². The van der Waals surface area contributed by atoms with Gasteiger partial charge in [-0.05, 0) is 48.7 Å². The number of carboxylic acids is 1. The van der Waals surface area contributed by atoms with Gasteiger partial charge in [0.25, 0.3) is 0 Å². The zero-order valence-corrected chi connectivity index (χ0v) is 11.7. The van der Waals surface area contributed by atoms with Crippen LogP contribution in [0.5, 0.6) is 11.5 Å². The summed E-state index contributed by atoms with van der Waals surface area (Å²) in [4.78, 5) is 12.2. The van der Waals surface area contributed by atoms with Crippen LogP contribution in [-0.2, 0) is 0 Å². The highest BCUT2D eigenvalue weighted by Crippen LogP contribution is 2.29. The molecule has 98 valence electrons. The van der Waals surface area contributed by atoms with Gasteiger partial charge in [-0.3, -0.25) is 0 Å². The van der Waals surface area contributed by atoms with E-state index in [2.05, 4.69) is 0 Å². The summed E-state index contributed by atoms with van der Waals surface area (Å²) in [6.45, 7) is 0. The van der Waals surface area contributed by atoms with Crippen LogP contribution in [0.15, 0.2) is 47.4 Å². The number of halogens is 1. The fraction of sp³-hybridized carbons (Fsp3) is 0.0714. The normalized spacial score (nSPS) is 10.2. The van der Waals surface area contributed by atoms with E-state index in [1.54, 1.807) is 36.0 Å². The highest BCUT2D eigenvalue weighted by atomic mass is 35.5. The summed E-state index contributed by atoms with van der Waals surface area (Å²) in [6.07, 6.45) is 1.98. The number of hydrogen-bond donors (Lipinski definition) is 1. The summed E-state index contributed by atoms with van der Waals surface area (Å²) in [5.41, 5.74) is 0.0430. The topological polar surface area (TPSA) is 46.5 Å². The molecule has 0 heterocycles. The molecule has 0 spiro atoms. The summed E-state index contributed by atoms with van der Waals surface area (Å²) in [7, 11) is 0. The first kappa shape index (κ1) is 13.8. The van der Waals surface area contributed by atoms with Crippen molar-refractivity contribution in [3.63, 3.8) is 0 Å². The fourth-order valence-corrected chi connectivity index (χ4v) is 2.11. The predicted molar refractivity (Wildman–Crippen MR) is 76.7 cm³/mol. The third-order valence-electron chi connectivity index (χ3n) is 2.46. The molecular weight excluding hydrogens is 284 g/mol. The summed E-state index contributed by atoms with van der Waals surface area (Å²) in [6, 6.07) is 11.9. The smallest absolute Gasteiger partial charge is 0.339 e. The molecule has 0 unspecified atom stereocenters. The maximum absolute atomic E-state index is 11.1. The van der Waals surface area contributed by atoms with Crippen molar-refractivity contribution in [2.75, 3.05) is 6.26 Å². The van der Waals surface area contributed by atoms with Crippen molar-refractivity contribution >= 4 is 29.3 Å². The second kappa shape index (κ2) is 5.99. The number of aromatic carboxylic acids is 1. The quantitative estimate of drug-likeness (QED) is 0.840. The van der Waals surface area contributed by atoms with Crippen LogP contribution < -0.4 is 4.74 Å². The van der Waals surface area contributed by atoms with Gasteiger partial charge in [-0.2, -0.15) is 0 Å². The second-order valence-corrected chi connectivity index (χ2v) is 5.04. The lowest BCUT2D eigenvalue weighted by atomic mass is 10.2. The molecule has 0 saturated heterocycles. The Morgan fingerprint density at radius 1 is 1.21 bits per heavy atom. The molecule has 19 heavy (non-hydrogen) atoms. The minimum atomic E-state index is -1.07. The summed E-state index contributed by atoms with van der Waals surface area (Å²) < 4.78 is 5.58. The molecule has 0 aliphatic rings. The molecule has 3 nitrogen and oxygen atoms in total. The first-order chi connectivity index (χ1) is 9.10. The lowest BCUT2D eigenvalue weighted by Crippen LogP contribution is -1.99. The molecule has 0 aromatic heterocycles. The number of hydrogen-bond acceptors (Lipinski definition) is 3. The van der Waals surface area contributed by atoms with E-state index < -0.39 is 5.97 Å². The van der Waals surface area contributed by atoms with Crippen molar-refractivity contribution in [2.45, 2.75) is 4.90 Å². The monoisotopic (exact) mass is 294 g/mol. The Morgan fingerprint density at radius 3 is 2.47 bits per heavy atom. The largest absolute Gasteiger partial charge is 0.478 e. The van der Waals surface area contributed by atoms with Gasteiger partial charge in [0.1, 0.15) is 17.1 Å². The van der Waals surface area contributed by atoms with Gasteiger partial charge in [-0.25, -0.2) is 4.79 Å². The van der Waals surface area contributed by atoms with Gasteiger partial charge in [-0.1, -0.05) is 11.6 Å². The Kier molecular flexibility index (Phi) is 4.35. The number of ether oxygens (including phenoxy) is 1. The van der Waals surface area contributed by atoms with Crippen LogP contribution in [-0.4, -0.2) is 17.3 Å². The molecule has 0 bridgehead atoms. The minimum absolute atomic E-state index is 0.0430. The molecule has 2 aromatic carbocycles. The molecule has 2 aromatic rings. The van der Waals surface area contributed by atoms with E-state index in [0.29, 0.717) is 10.8 Å². The number of carbonyl (C=O) groups is 1. The van der Waals surface area contributed by atoms with Crippen molar-refractivity contribution < 1.29 is 14.6 Å². The van der Waals surface area contributed by atoms with Crippen molar-refractivity contribution in [3.8, 4) is 11.5 Å². The number of benzene rings is 2. The van der Waals surface area contributed by atoms with Crippen molar-refractivity contribution in [2.24, 2.45) is 0 Å². The average molecular weight is 295 g/mol. The molecule has 1 N–H and O–H groups in total. The lowest BCUT2D eigenvalue weighted by molar-refractivity contribution is 0.0694. The number of carboxylic acid groups (broad SMARTS) is 1. The van der Waals surface area contributed by atoms with Gasteiger partial charge in [0.15, 0.2) is 0 Å². The van der Waals surface area contributed by atoms with E-state index in [1.807, 2.05) is 18.4 Å². The summed E-state index contributed by atoms with van der Waals surface area (Å²) in [5.74, 6) is -0.213. The van der Waals surface area contributed by atoms with Crippen LogP contribution in [0.4, 0.5) is 0 Å². The Hall–Kier alpha value is -1.65. The van der Waals surface area contributed by atoms with Gasteiger partial charge in [0.05, 0.1) is 0 Å². The zero-order valence-electron chi connectivity index (χ0n) is 10.1. The Labute approximate surface area is 120 Å². The van der Waals surface area contributed by atoms with Gasteiger partial charge < -0.3 is 9.84 Å². The van der Waals surface area contributed by atoms with Gasteiger partial charge in [0.2, 0.25) is 0 Å². The highest BCUT2D eigenvalue weighted by Gasteiger charge is 2.12. The molecule has 2 rings (SSSR count). The predicted octanol–water partition coefficient (Wildman–Crippen LogP) is 4.55. The van der Waals surface area contributed by atoms with Crippen LogP contribution in [0.25, 0.3) is 0 Å². The number of rotatable bonds is 4. The van der Waals surface area contributed by atoms with Crippen LogP contribution >= 0.6 is 23.4 Å². The summed E-state index contributed by atoms with van der Waals surface area (Å²) >= 11 is 7.41. The Morgan fingerprint density at radius 2 is 1.89 bits per heavy atom. The van der Waals surface area contributed by atoms with E-state index in [1.165, 1.54) is 6.07 Å². The van der Waals surface area contributed by atoms with Gasteiger partial charge in [-0.15, -0.1) is 11.8 Å². The average Bonchev–Trinajstić information content (AvgIpc) is 2.41. The first-order valence-electron chi connectivity index (χ1n) is 5.45. The highest BCUT2D eigenvalue weighted by molar-refractivity contribution is 7.98. The molecular formula is C14H11ClO3S. The van der Waals surface area contributed by atoms with Crippen molar-refractivity contribution in [1.82, 2.24) is 0 Å².